The summed E-state index contributed by atoms with van der Waals surface area (Å²) in [6, 6.07) is 8.34. The number of hydrazine groups is 1. The first-order valence-electron chi connectivity index (χ1n) is 9.32. The summed E-state index contributed by atoms with van der Waals surface area (Å²) in [6.07, 6.45) is 4.08. The fourth-order valence-corrected chi connectivity index (χ4v) is 3.89. The second-order valence-electron chi connectivity index (χ2n) is 7.06. The lowest BCUT2D eigenvalue weighted by molar-refractivity contribution is -0.158. The van der Waals surface area contributed by atoms with Crippen molar-refractivity contribution in [3.8, 4) is 0 Å². The number of hydrogen-bond acceptors (Lipinski definition) is 4. The van der Waals surface area contributed by atoms with Gasteiger partial charge in [0.05, 0.1) is 7.11 Å². The van der Waals surface area contributed by atoms with E-state index >= 15 is 0 Å². The summed E-state index contributed by atoms with van der Waals surface area (Å²) >= 11 is 0. The number of nitrogens with zero attached hydrogens (tertiary/aromatic N) is 2. The molecule has 0 unspecified atom stereocenters. The van der Waals surface area contributed by atoms with Crippen molar-refractivity contribution in [3.63, 3.8) is 0 Å². The van der Waals surface area contributed by atoms with Crippen LogP contribution in [-0.2, 0) is 32.0 Å². The molecular weight excluding hydrogens is 332 g/mol. The lowest BCUT2D eigenvalue weighted by Gasteiger charge is -2.29. The van der Waals surface area contributed by atoms with Crippen molar-refractivity contribution >= 4 is 17.8 Å². The molecular formula is C20H26N2O4. The van der Waals surface area contributed by atoms with Crippen LogP contribution in [0.1, 0.15) is 43.2 Å². The predicted octanol–water partition coefficient (Wildman–Crippen LogP) is 2.11. The molecule has 0 radical (unpaired) electrons. The van der Waals surface area contributed by atoms with E-state index < -0.39 is 0 Å². The highest BCUT2D eigenvalue weighted by Crippen LogP contribution is 2.29. The number of hydrogen-bond donors (Lipinski definition) is 0. The first kappa shape index (κ1) is 18.4. The van der Waals surface area contributed by atoms with E-state index in [9.17, 15) is 14.4 Å². The highest BCUT2D eigenvalue weighted by Gasteiger charge is 2.32. The van der Waals surface area contributed by atoms with Gasteiger partial charge in [0, 0.05) is 32.4 Å². The van der Waals surface area contributed by atoms with Crippen LogP contribution in [0, 0.1) is 5.92 Å². The molecule has 0 atom stereocenters. The van der Waals surface area contributed by atoms with Crippen LogP contribution in [-0.4, -0.2) is 48.0 Å². The standard InChI is InChI=1S/C20H26N2O4/c1-26-20(25)9-4-8-18(23)21-10-5-11-22(21)19(24)14-15-12-16-6-2-3-7-17(16)13-15/h2-3,6-7,15H,4-5,8-14H2,1H3. The van der Waals surface area contributed by atoms with Crippen molar-refractivity contribution < 1.29 is 19.1 Å². The SMILES string of the molecule is COC(=O)CCCC(=O)N1CCCN1C(=O)CC1Cc2ccccc2C1. The molecule has 140 valence electrons. The van der Waals surface area contributed by atoms with Gasteiger partial charge in [-0.15, -0.1) is 0 Å². The van der Waals surface area contributed by atoms with Gasteiger partial charge in [-0.3, -0.25) is 24.4 Å². The molecule has 0 spiro atoms. The van der Waals surface area contributed by atoms with Crippen molar-refractivity contribution in [2.45, 2.75) is 44.9 Å². The van der Waals surface area contributed by atoms with E-state index in [0.717, 1.165) is 19.3 Å². The van der Waals surface area contributed by atoms with Crippen LogP contribution in [0.2, 0.25) is 0 Å². The molecule has 0 aromatic heterocycles. The third-order valence-corrected chi connectivity index (χ3v) is 5.21. The monoisotopic (exact) mass is 358 g/mol. The Bertz CT molecular complexity index is 663. The Hall–Kier alpha value is -2.37. The molecule has 1 aromatic rings. The van der Waals surface area contributed by atoms with Crippen LogP contribution in [0.4, 0.5) is 0 Å². The first-order chi connectivity index (χ1) is 12.6. The van der Waals surface area contributed by atoms with Gasteiger partial charge in [0.2, 0.25) is 11.8 Å². The molecule has 1 aliphatic heterocycles. The molecule has 6 heteroatoms. The summed E-state index contributed by atoms with van der Waals surface area (Å²) in [5.41, 5.74) is 2.67. The van der Waals surface area contributed by atoms with Crippen LogP contribution >= 0.6 is 0 Å². The van der Waals surface area contributed by atoms with E-state index in [2.05, 4.69) is 16.9 Å². The zero-order valence-electron chi connectivity index (χ0n) is 15.3. The number of rotatable bonds is 6. The van der Waals surface area contributed by atoms with Crippen molar-refractivity contribution in [1.82, 2.24) is 10.0 Å². The van der Waals surface area contributed by atoms with Crippen LogP contribution in [0.5, 0.6) is 0 Å². The Balaban J connectivity index is 1.50. The number of methoxy groups -OCH3 is 1. The third kappa shape index (κ3) is 4.23. The summed E-state index contributed by atoms with van der Waals surface area (Å²) < 4.78 is 4.59. The van der Waals surface area contributed by atoms with Gasteiger partial charge in [-0.2, -0.15) is 0 Å². The molecule has 1 saturated heterocycles. The summed E-state index contributed by atoms with van der Waals surface area (Å²) in [5.74, 6) is -0.0548. The molecule has 26 heavy (non-hydrogen) atoms. The maximum atomic E-state index is 12.8. The highest BCUT2D eigenvalue weighted by molar-refractivity contribution is 5.83. The summed E-state index contributed by atoms with van der Waals surface area (Å²) in [4.78, 5) is 36.3. The molecule has 1 aromatic carbocycles. The summed E-state index contributed by atoms with van der Waals surface area (Å²) in [7, 11) is 1.34. The summed E-state index contributed by atoms with van der Waals surface area (Å²) in [5, 5.41) is 3.19. The molecule has 1 fully saturated rings. The zero-order chi connectivity index (χ0) is 18.5. The lowest BCUT2D eigenvalue weighted by atomic mass is 10.0. The van der Waals surface area contributed by atoms with E-state index in [4.69, 9.17) is 0 Å². The third-order valence-electron chi connectivity index (χ3n) is 5.21. The van der Waals surface area contributed by atoms with E-state index in [-0.39, 0.29) is 30.6 Å². The largest absolute Gasteiger partial charge is 0.469 e. The number of carbonyl (C=O) groups is 3. The molecule has 1 heterocycles. The van der Waals surface area contributed by atoms with Crippen LogP contribution in [0.3, 0.4) is 0 Å². The Morgan fingerprint density at radius 3 is 2.23 bits per heavy atom. The summed E-state index contributed by atoms with van der Waals surface area (Å²) in [6.45, 7) is 1.18. The number of fused-ring (bicyclic) bond motifs is 1. The fourth-order valence-electron chi connectivity index (χ4n) is 3.89. The first-order valence-corrected chi connectivity index (χ1v) is 9.32. The number of esters is 1. The minimum atomic E-state index is -0.312. The molecule has 6 nitrogen and oxygen atoms in total. The van der Waals surface area contributed by atoms with E-state index in [1.54, 1.807) is 10.0 Å². The van der Waals surface area contributed by atoms with Gasteiger partial charge < -0.3 is 4.74 Å². The molecule has 0 saturated carbocycles. The van der Waals surface area contributed by atoms with Gasteiger partial charge in [0.1, 0.15) is 0 Å². The predicted molar refractivity (Wildman–Crippen MR) is 95.9 cm³/mol. The zero-order valence-corrected chi connectivity index (χ0v) is 15.3. The van der Waals surface area contributed by atoms with Crippen molar-refractivity contribution in [2.75, 3.05) is 20.2 Å². The normalized spacial score (nSPS) is 16.7. The van der Waals surface area contributed by atoms with Crippen LogP contribution < -0.4 is 0 Å². The second-order valence-corrected chi connectivity index (χ2v) is 7.06. The Morgan fingerprint density at radius 2 is 1.62 bits per heavy atom. The quantitative estimate of drug-likeness (QED) is 0.731. The smallest absolute Gasteiger partial charge is 0.305 e. The van der Waals surface area contributed by atoms with Crippen molar-refractivity contribution in [2.24, 2.45) is 5.92 Å². The molecule has 2 aliphatic rings. The number of amides is 2. The van der Waals surface area contributed by atoms with Gasteiger partial charge >= 0.3 is 5.97 Å². The molecule has 0 bridgehead atoms. The van der Waals surface area contributed by atoms with Gasteiger partial charge in [-0.1, -0.05) is 24.3 Å². The minimum Gasteiger partial charge on any atom is -0.469 e. The van der Waals surface area contributed by atoms with Gasteiger partial charge in [0.15, 0.2) is 0 Å². The van der Waals surface area contributed by atoms with Gasteiger partial charge in [-0.05, 0) is 42.7 Å². The number of benzene rings is 1. The van der Waals surface area contributed by atoms with Crippen LogP contribution in [0.15, 0.2) is 24.3 Å². The van der Waals surface area contributed by atoms with E-state index in [1.807, 2.05) is 12.1 Å². The Labute approximate surface area is 154 Å². The molecule has 2 amide bonds. The maximum Gasteiger partial charge on any atom is 0.305 e. The van der Waals surface area contributed by atoms with Gasteiger partial charge in [-0.25, -0.2) is 0 Å². The topological polar surface area (TPSA) is 66.9 Å². The van der Waals surface area contributed by atoms with E-state index in [0.29, 0.717) is 31.8 Å². The van der Waals surface area contributed by atoms with Crippen molar-refractivity contribution in [1.29, 1.82) is 0 Å². The maximum absolute atomic E-state index is 12.8. The Kier molecular flexibility index (Phi) is 5.91. The number of ether oxygens (including phenoxy) is 1. The Morgan fingerprint density at radius 1 is 1.00 bits per heavy atom. The molecule has 3 rings (SSSR count). The second kappa shape index (κ2) is 8.34. The average Bonchev–Trinajstić information content (AvgIpc) is 3.27. The van der Waals surface area contributed by atoms with E-state index in [1.165, 1.54) is 18.2 Å². The fraction of sp³-hybridized carbons (Fsp3) is 0.550. The highest BCUT2D eigenvalue weighted by atomic mass is 16.5. The van der Waals surface area contributed by atoms with Gasteiger partial charge in [0.25, 0.3) is 0 Å². The minimum absolute atomic E-state index is 0.0293. The molecule has 0 N–H and O–H groups in total. The lowest BCUT2D eigenvalue weighted by Crippen LogP contribution is -2.45. The number of carbonyl (C=O) groups excluding carboxylic acids is 3. The molecule has 1 aliphatic carbocycles. The van der Waals surface area contributed by atoms with Crippen LogP contribution in [0.25, 0.3) is 0 Å². The average molecular weight is 358 g/mol. The van der Waals surface area contributed by atoms with Crippen molar-refractivity contribution in [3.05, 3.63) is 35.4 Å².